The fourth-order valence-corrected chi connectivity index (χ4v) is 0.971. The summed E-state index contributed by atoms with van der Waals surface area (Å²) in [6.07, 6.45) is 0. The third kappa shape index (κ3) is 1.60. The first-order valence-corrected chi connectivity index (χ1v) is 3.50. The van der Waals surface area contributed by atoms with E-state index in [0.29, 0.717) is 0 Å². The molecule has 0 unspecified atom stereocenters. The SMILES string of the molecule is Cc1cc([N+](=O)[O-])ccc1CO. The molecular weight excluding hydrogens is 158 g/mol. The van der Waals surface area contributed by atoms with Crippen LogP contribution in [0.2, 0.25) is 0 Å². The number of rotatable bonds is 2. The van der Waals surface area contributed by atoms with E-state index < -0.39 is 4.92 Å². The summed E-state index contributed by atoms with van der Waals surface area (Å²) in [5, 5.41) is 19.1. The molecule has 64 valence electrons. The van der Waals surface area contributed by atoms with Crippen LogP contribution in [0.5, 0.6) is 0 Å². The molecule has 1 rings (SSSR count). The van der Waals surface area contributed by atoms with Crippen LogP contribution >= 0.6 is 0 Å². The zero-order valence-corrected chi connectivity index (χ0v) is 6.65. The highest BCUT2D eigenvalue weighted by molar-refractivity contribution is 5.38. The van der Waals surface area contributed by atoms with Gasteiger partial charge in [-0.2, -0.15) is 0 Å². The molecule has 0 aliphatic heterocycles. The third-order valence-electron chi connectivity index (χ3n) is 1.71. The fourth-order valence-electron chi connectivity index (χ4n) is 0.971. The van der Waals surface area contributed by atoms with Crippen LogP contribution in [0.3, 0.4) is 0 Å². The summed E-state index contributed by atoms with van der Waals surface area (Å²) >= 11 is 0. The number of aliphatic hydroxyl groups excluding tert-OH is 1. The van der Waals surface area contributed by atoms with E-state index in [4.69, 9.17) is 5.11 Å². The van der Waals surface area contributed by atoms with Crippen molar-refractivity contribution in [3.8, 4) is 0 Å². The van der Waals surface area contributed by atoms with Gasteiger partial charge in [-0.05, 0) is 24.1 Å². The quantitative estimate of drug-likeness (QED) is 0.534. The molecule has 0 fully saturated rings. The minimum Gasteiger partial charge on any atom is -0.392 e. The minimum atomic E-state index is -0.450. The Morgan fingerprint density at radius 3 is 2.67 bits per heavy atom. The molecule has 0 amide bonds. The number of hydrogen-bond donors (Lipinski definition) is 1. The Morgan fingerprint density at radius 1 is 1.58 bits per heavy atom. The third-order valence-corrected chi connectivity index (χ3v) is 1.71. The van der Waals surface area contributed by atoms with Crippen LogP contribution in [0, 0.1) is 17.0 Å². The Balaban J connectivity index is 3.10. The second-order valence-electron chi connectivity index (χ2n) is 2.53. The lowest BCUT2D eigenvalue weighted by molar-refractivity contribution is -0.384. The van der Waals surface area contributed by atoms with E-state index in [2.05, 4.69) is 0 Å². The first kappa shape index (κ1) is 8.67. The van der Waals surface area contributed by atoms with Gasteiger partial charge >= 0.3 is 0 Å². The molecular formula is C8H9NO3. The molecule has 0 saturated heterocycles. The minimum absolute atomic E-state index is 0.0599. The Labute approximate surface area is 69.6 Å². The molecule has 4 heteroatoms. The number of non-ortho nitro benzene ring substituents is 1. The highest BCUT2D eigenvalue weighted by atomic mass is 16.6. The first-order chi connectivity index (χ1) is 5.65. The second-order valence-corrected chi connectivity index (χ2v) is 2.53. The predicted molar refractivity (Wildman–Crippen MR) is 43.8 cm³/mol. The highest BCUT2D eigenvalue weighted by Gasteiger charge is 2.06. The molecule has 1 aromatic carbocycles. The molecule has 0 bridgehead atoms. The van der Waals surface area contributed by atoms with E-state index in [1.165, 1.54) is 12.1 Å². The predicted octanol–water partition coefficient (Wildman–Crippen LogP) is 1.40. The zero-order chi connectivity index (χ0) is 9.14. The van der Waals surface area contributed by atoms with Gasteiger partial charge in [0.1, 0.15) is 0 Å². The zero-order valence-electron chi connectivity index (χ0n) is 6.65. The van der Waals surface area contributed by atoms with Gasteiger partial charge in [-0.15, -0.1) is 0 Å². The topological polar surface area (TPSA) is 63.4 Å². The van der Waals surface area contributed by atoms with Gasteiger partial charge in [0, 0.05) is 12.1 Å². The maximum absolute atomic E-state index is 10.3. The van der Waals surface area contributed by atoms with E-state index in [-0.39, 0.29) is 12.3 Å². The second kappa shape index (κ2) is 3.32. The van der Waals surface area contributed by atoms with Crippen molar-refractivity contribution < 1.29 is 10.0 Å². The Hall–Kier alpha value is -1.42. The Kier molecular flexibility index (Phi) is 2.40. The molecule has 0 radical (unpaired) electrons. The summed E-state index contributed by atoms with van der Waals surface area (Å²) < 4.78 is 0. The van der Waals surface area contributed by atoms with Crippen molar-refractivity contribution in [1.29, 1.82) is 0 Å². The van der Waals surface area contributed by atoms with Gasteiger partial charge in [0.2, 0.25) is 0 Å². The summed E-state index contributed by atoms with van der Waals surface area (Å²) in [5.41, 5.74) is 1.53. The van der Waals surface area contributed by atoms with Crippen molar-refractivity contribution in [2.24, 2.45) is 0 Å². The number of aryl methyl sites for hydroxylation is 1. The van der Waals surface area contributed by atoms with E-state index in [1.54, 1.807) is 13.0 Å². The first-order valence-electron chi connectivity index (χ1n) is 3.50. The van der Waals surface area contributed by atoms with Gasteiger partial charge in [-0.25, -0.2) is 0 Å². The number of hydrogen-bond acceptors (Lipinski definition) is 3. The molecule has 12 heavy (non-hydrogen) atoms. The number of nitrogens with zero attached hydrogens (tertiary/aromatic N) is 1. The standard InChI is InChI=1S/C8H9NO3/c1-6-4-8(9(11)12)3-2-7(6)5-10/h2-4,10H,5H2,1H3. The van der Waals surface area contributed by atoms with E-state index in [9.17, 15) is 10.1 Å². The average Bonchev–Trinajstić information content (AvgIpc) is 2.04. The van der Waals surface area contributed by atoms with Crippen LogP contribution in [-0.2, 0) is 6.61 Å². The van der Waals surface area contributed by atoms with Crippen molar-refractivity contribution in [3.05, 3.63) is 39.4 Å². The van der Waals surface area contributed by atoms with Crippen LogP contribution in [0.15, 0.2) is 18.2 Å². The molecule has 0 atom stereocenters. The van der Waals surface area contributed by atoms with Crippen molar-refractivity contribution in [2.45, 2.75) is 13.5 Å². The molecule has 1 aromatic rings. The number of aliphatic hydroxyl groups is 1. The fraction of sp³-hybridized carbons (Fsp3) is 0.250. The normalized spacial score (nSPS) is 9.83. The van der Waals surface area contributed by atoms with E-state index >= 15 is 0 Å². The molecule has 0 aromatic heterocycles. The maximum Gasteiger partial charge on any atom is 0.269 e. The van der Waals surface area contributed by atoms with Crippen LogP contribution < -0.4 is 0 Å². The molecule has 0 aliphatic rings. The molecule has 4 nitrogen and oxygen atoms in total. The molecule has 0 saturated carbocycles. The van der Waals surface area contributed by atoms with Crippen molar-refractivity contribution in [1.82, 2.24) is 0 Å². The largest absolute Gasteiger partial charge is 0.392 e. The Bertz CT molecular complexity index is 309. The monoisotopic (exact) mass is 167 g/mol. The van der Waals surface area contributed by atoms with E-state index in [0.717, 1.165) is 11.1 Å². The van der Waals surface area contributed by atoms with Crippen LogP contribution in [-0.4, -0.2) is 10.0 Å². The molecule has 0 heterocycles. The van der Waals surface area contributed by atoms with E-state index in [1.807, 2.05) is 0 Å². The number of nitro benzene ring substituents is 1. The highest BCUT2D eigenvalue weighted by Crippen LogP contribution is 2.16. The Morgan fingerprint density at radius 2 is 2.25 bits per heavy atom. The van der Waals surface area contributed by atoms with Gasteiger partial charge in [0.15, 0.2) is 0 Å². The van der Waals surface area contributed by atoms with Gasteiger partial charge in [0.05, 0.1) is 11.5 Å². The summed E-state index contributed by atoms with van der Waals surface area (Å²) in [6, 6.07) is 4.40. The van der Waals surface area contributed by atoms with Gasteiger partial charge in [-0.3, -0.25) is 10.1 Å². The number of nitro groups is 1. The van der Waals surface area contributed by atoms with Crippen molar-refractivity contribution in [3.63, 3.8) is 0 Å². The lowest BCUT2D eigenvalue weighted by Gasteiger charge is -2.00. The summed E-state index contributed by atoms with van der Waals surface area (Å²) in [7, 11) is 0. The smallest absolute Gasteiger partial charge is 0.269 e. The van der Waals surface area contributed by atoms with Gasteiger partial charge < -0.3 is 5.11 Å². The summed E-state index contributed by atoms with van der Waals surface area (Å²) in [5.74, 6) is 0. The number of benzene rings is 1. The molecule has 1 N–H and O–H groups in total. The van der Waals surface area contributed by atoms with Gasteiger partial charge in [-0.1, -0.05) is 0 Å². The summed E-state index contributed by atoms with van der Waals surface area (Å²) in [6.45, 7) is 1.66. The molecule has 0 aliphatic carbocycles. The summed E-state index contributed by atoms with van der Waals surface area (Å²) in [4.78, 5) is 9.85. The lowest BCUT2D eigenvalue weighted by atomic mass is 10.1. The van der Waals surface area contributed by atoms with Crippen LogP contribution in [0.25, 0.3) is 0 Å². The van der Waals surface area contributed by atoms with Crippen molar-refractivity contribution >= 4 is 5.69 Å². The average molecular weight is 167 g/mol. The lowest BCUT2D eigenvalue weighted by Crippen LogP contribution is -1.92. The maximum atomic E-state index is 10.3. The van der Waals surface area contributed by atoms with Crippen molar-refractivity contribution in [2.75, 3.05) is 0 Å². The van der Waals surface area contributed by atoms with Crippen LogP contribution in [0.1, 0.15) is 11.1 Å². The van der Waals surface area contributed by atoms with Gasteiger partial charge in [0.25, 0.3) is 5.69 Å². The molecule has 0 spiro atoms. The van der Waals surface area contributed by atoms with Crippen LogP contribution in [0.4, 0.5) is 5.69 Å².